The quantitative estimate of drug-likeness (QED) is 0.488. The molecular weight excluding hydrogens is 505 g/mol. The SMILES string of the molecule is CC(C)N(C)[C@@H]1CC[C@H](NC(=O)CNC(=O)c2cccc(C(F)(F)F)c2)[C@H](C2(C)COCCN2C(=O)O)C1. The summed E-state index contributed by atoms with van der Waals surface area (Å²) >= 11 is 0. The molecule has 1 aliphatic carbocycles. The number of carboxylic acid groups (broad SMARTS) is 1. The van der Waals surface area contributed by atoms with Gasteiger partial charge in [0.15, 0.2) is 0 Å². The van der Waals surface area contributed by atoms with Crippen LogP contribution in [0.1, 0.15) is 56.0 Å². The Labute approximate surface area is 220 Å². The lowest BCUT2D eigenvalue weighted by atomic mass is 9.69. The van der Waals surface area contributed by atoms with Crippen molar-refractivity contribution < 1.29 is 37.4 Å². The zero-order valence-corrected chi connectivity index (χ0v) is 22.2. The minimum absolute atomic E-state index is 0.183. The van der Waals surface area contributed by atoms with E-state index in [-0.39, 0.29) is 42.8 Å². The molecular formula is C26H37F3N4O5. The van der Waals surface area contributed by atoms with Crippen LogP contribution in [0.5, 0.6) is 0 Å². The summed E-state index contributed by atoms with van der Waals surface area (Å²) in [5.74, 6) is -1.56. The largest absolute Gasteiger partial charge is 0.465 e. The van der Waals surface area contributed by atoms with Gasteiger partial charge in [0, 0.05) is 36.2 Å². The van der Waals surface area contributed by atoms with E-state index in [2.05, 4.69) is 29.4 Å². The number of alkyl halides is 3. The normalized spacial score (nSPS) is 26.3. The van der Waals surface area contributed by atoms with E-state index in [4.69, 9.17) is 4.74 Å². The van der Waals surface area contributed by atoms with Gasteiger partial charge in [0.1, 0.15) is 0 Å². The fraction of sp³-hybridized carbons (Fsp3) is 0.654. The number of carbonyl (C=O) groups excluding carboxylic acids is 2. The van der Waals surface area contributed by atoms with Crippen LogP contribution in [0, 0.1) is 5.92 Å². The molecule has 12 heteroatoms. The molecule has 0 spiro atoms. The minimum atomic E-state index is -4.59. The average molecular weight is 543 g/mol. The number of benzene rings is 1. The summed E-state index contributed by atoms with van der Waals surface area (Å²) < 4.78 is 44.6. The van der Waals surface area contributed by atoms with Crippen LogP contribution in [0.2, 0.25) is 0 Å². The van der Waals surface area contributed by atoms with Gasteiger partial charge in [-0.05, 0) is 65.3 Å². The molecule has 2 fully saturated rings. The van der Waals surface area contributed by atoms with E-state index >= 15 is 0 Å². The summed E-state index contributed by atoms with van der Waals surface area (Å²) in [5, 5.41) is 15.3. The first-order chi connectivity index (χ1) is 17.7. The van der Waals surface area contributed by atoms with E-state index < -0.39 is 41.7 Å². The lowest BCUT2D eigenvalue weighted by molar-refractivity contribution is -0.137. The zero-order valence-electron chi connectivity index (χ0n) is 22.2. The van der Waals surface area contributed by atoms with Crippen molar-refractivity contribution in [1.29, 1.82) is 0 Å². The number of amides is 3. The van der Waals surface area contributed by atoms with Crippen molar-refractivity contribution in [2.75, 3.05) is 33.4 Å². The second kappa shape index (κ2) is 11.9. The lowest BCUT2D eigenvalue weighted by Crippen LogP contribution is -2.67. The number of ether oxygens (including phenoxy) is 1. The van der Waals surface area contributed by atoms with Crippen LogP contribution in [0.4, 0.5) is 18.0 Å². The van der Waals surface area contributed by atoms with Crippen LogP contribution in [-0.4, -0.2) is 89.8 Å². The van der Waals surface area contributed by atoms with E-state index in [1.165, 1.54) is 11.0 Å². The number of morpholine rings is 1. The van der Waals surface area contributed by atoms with E-state index in [9.17, 15) is 32.7 Å². The van der Waals surface area contributed by atoms with Crippen LogP contribution in [-0.2, 0) is 15.7 Å². The second-order valence-electron chi connectivity index (χ2n) is 10.6. The molecule has 0 bridgehead atoms. The molecule has 0 radical (unpaired) electrons. The Balaban J connectivity index is 1.73. The Kier molecular flexibility index (Phi) is 9.30. The maximum absolute atomic E-state index is 13.0. The molecule has 4 atom stereocenters. The molecule has 1 aromatic carbocycles. The molecule has 3 amide bonds. The number of hydrogen-bond acceptors (Lipinski definition) is 5. The molecule has 2 aliphatic rings. The monoisotopic (exact) mass is 542 g/mol. The van der Waals surface area contributed by atoms with Gasteiger partial charge >= 0.3 is 12.3 Å². The molecule has 1 heterocycles. The smallest absolute Gasteiger partial charge is 0.416 e. The fourth-order valence-electron chi connectivity index (χ4n) is 5.55. The first-order valence-electron chi connectivity index (χ1n) is 12.8. The summed E-state index contributed by atoms with van der Waals surface area (Å²) in [6, 6.07) is 4.07. The second-order valence-corrected chi connectivity index (χ2v) is 10.6. The van der Waals surface area contributed by atoms with Gasteiger partial charge in [-0.2, -0.15) is 13.2 Å². The van der Waals surface area contributed by atoms with Crippen molar-refractivity contribution in [3.63, 3.8) is 0 Å². The van der Waals surface area contributed by atoms with Crippen molar-refractivity contribution in [3.05, 3.63) is 35.4 Å². The highest BCUT2D eigenvalue weighted by Gasteiger charge is 2.50. The summed E-state index contributed by atoms with van der Waals surface area (Å²) in [7, 11) is 2.03. The van der Waals surface area contributed by atoms with Gasteiger partial charge in [0.05, 0.1) is 30.9 Å². The highest BCUT2D eigenvalue weighted by Crippen LogP contribution is 2.40. The van der Waals surface area contributed by atoms with Crippen molar-refractivity contribution >= 4 is 17.9 Å². The summed E-state index contributed by atoms with van der Waals surface area (Å²) in [6.07, 6.45) is -3.61. The first kappa shape index (κ1) is 29.7. The Hall–Kier alpha value is -2.86. The third-order valence-corrected chi connectivity index (χ3v) is 7.92. The minimum Gasteiger partial charge on any atom is -0.465 e. The van der Waals surface area contributed by atoms with Crippen molar-refractivity contribution in [1.82, 2.24) is 20.4 Å². The van der Waals surface area contributed by atoms with Crippen molar-refractivity contribution in [2.45, 2.75) is 69.9 Å². The molecule has 1 saturated heterocycles. The average Bonchev–Trinajstić information content (AvgIpc) is 2.86. The van der Waals surface area contributed by atoms with Crippen molar-refractivity contribution in [2.24, 2.45) is 5.92 Å². The molecule has 3 rings (SSSR count). The van der Waals surface area contributed by atoms with E-state index in [0.717, 1.165) is 24.6 Å². The Morgan fingerprint density at radius 3 is 2.61 bits per heavy atom. The van der Waals surface area contributed by atoms with E-state index in [1.807, 2.05) is 14.0 Å². The number of halogens is 3. The molecule has 212 valence electrons. The number of carbonyl (C=O) groups is 3. The van der Waals surface area contributed by atoms with Gasteiger partial charge in [-0.15, -0.1) is 0 Å². The number of hydrogen-bond donors (Lipinski definition) is 3. The summed E-state index contributed by atoms with van der Waals surface area (Å²) in [5.41, 5.74) is -2.03. The van der Waals surface area contributed by atoms with Gasteiger partial charge in [-0.25, -0.2) is 4.79 Å². The maximum atomic E-state index is 13.0. The van der Waals surface area contributed by atoms with E-state index in [0.29, 0.717) is 19.4 Å². The molecule has 38 heavy (non-hydrogen) atoms. The molecule has 1 aliphatic heterocycles. The predicted molar refractivity (Wildman–Crippen MR) is 134 cm³/mol. The third kappa shape index (κ3) is 6.76. The molecule has 1 unspecified atom stereocenters. The molecule has 3 N–H and O–H groups in total. The predicted octanol–water partition coefficient (Wildman–Crippen LogP) is 3.20. The van der Waals surface area contributed by atoms with Gasteiger partial charge in [-0.3, -0.25) is 14.5 Å². The van der Waals surface area contributed by atoms with Gasteiger partial charge in [0.25, 0.3) is 5.91 Å². The van der Waals surface area contributed by atoms with Crippen LogP contribution in [0.3, 0.4) is 0 Å². The number of nitrogens with one attached hydrogen (secondary N) is 2. The Morgan fingerprint density at radius 1 is 1.26 bits per heavy atom. The van der Waals surface area contributed by atoms with E-state index in [1.54, 1.807) is 0 Å². The standard InChI is InChI=1S/C26H37F3N4O5/c1-16(2)32(4)19-8-9-21(20(13-19)25(3)15-38-11-10-33(25)24(36)37)31-22(34)14-30-23(35)17-6-5-7-18(12-17)26(27,28)29/h5-7,12,16,19-21H,8-11,13-15H2,1-4H3,(H,30,35)(H,31,34)(H,36,37)/t19-,20-,21+,25?/m1/s1. The highest BCUT2D eigenvalue weighted by atomic mass is 19.4. The summed E-state index contributed by atoms with van der Waals surface area (Å²) in [6.45, 7) is 6.31. The van der Waals surface area contributed by atoms with Gasteiger partial charge in [0.2, 0.25) is 5.91 Å². The first-order valence-corrected chi connectivity index (χ1v) is 12.8. The molecule has 1 aromatic rings. The van der Waals surface area contributed by atoms with Crippen LogP contribution >= 0.6 is 0 Å². The van der Waals surface area contributed by atoms with Crippen molar-refractivity contribution in [3.8, 4) is 0 Å². The van der Waals surface area contributed by atoms with Crippen LogP contribution in [0.25, 0.3) is 0 Å². The Bertz CT molecular complexity index is 1020. The number of rotatable bonds is 7. The molecule has 9 nitrogen and oxygen atoms in total. The van der Waals surface area contributed by atoms with Gasteiger partial charge in [-0.1, -0.05) is 6.07 Å². The topological polar surface area (TPSA) is 111 Å². The summed E-state index contributed by atoms with van der Waals surface area (Å²) in [4.78, 5) is 41.1. The fourth-order valence-corrected chi connectivity index (χ4v) is 5.55. The van der Waals surface area contributed by atoms with Crippen LogP contribution in [0.15, 0.2) is 24.3 Å². The maximum Gasteiger partial charge on any atom is 0.416 e. The number of nitrogens with zero attached hydrogens (tertiary/aromatic N) is 2. The van der Waals surface area contributed by atoms with Crippen LogP contribution < -0.4 is 10.6 Å². The zero-order chi connectivity index (χ0) is 28.3. The van der Waals surface area contributed by atoms with Gasteiger partial charge < -0.3 is 25.4 Å². The Morgan fingerprint density at radius 2 is 1.97 bits per heavy atom. The molecule has 0 aromatic heterocycles. The molecule has 1 saturated carbocycles. The highest BCUT2D eigenvalue weighted by molar-refractivity contribution is 5.96. The lowest BCUT2D eigenvalue weighted by Gasteiger charge is -2.53. The third-order valence-electron chi connectivity index (χ3n) is 7.92.